The predicted octanol–water partition coefficient (Wildman–Crippen LogP) is 5.25. The molecule has 0 saturated heterocycles. The Labute approximate surface area is 118 Å². The molecule has 1 aromatic carbocycles. The number of aryl methyl sites for hydroxylation is 1. The molecule has 1 atom stereocenters. The van der Waals surface area contributed by atoms with Crippen molar-refractivity contribution in [3.8, 4) is 12.3 Å². The van der Waals surface area contributed by atoms with Gasteiger partial charge >= 0.3 is 6.18 Å². The molecule has 0 saturated carbocycles. The third kappa shape index (κ3) is 5.97. The van der Waals surface area contributed by atoms with Gasteiger partial charge in [0.2, 0.25) is 0 Å². The topological polar surface area (TPSA) is 0 Å². The second kappa shape index (κ2) is 7.19. The summed E-state index contributed by atoms with van der Waals surface area (Å²) < 4.78 is 36.5. The summed E-state index contributed by atoms with van der Waals surface area (Å²) in [6.07, 6.45) is 2.07. The minimum atomic E-state index is -4.08. The Morgan fingerprint density at radius 3 is 2.40 bits per heavy atom. The second-order valence-electron chi connectivity index (χ2n) is 5.04. The summed E-state index contributed by atoms with van der Waals surface area (Å²) in [5.74, 6) is 2.40. The molecule has 1 aromatic rings. The molecule has 20 heavy (non-hydrogen) atoms. The van der Waals surface area contributed by atoms with Crippen LogP contribution in [0.3, 0.4) is 0 Å². The van der Waals surface area contributed by atoms with E-state index in [0.717, 1.165) is 29.5 Å². The normalized spacial score (nSPS) is 12.8. The van der Waals surface area contributed by atoms with Crippen LogP contribution in [0.5, 0.6) is 0 Å². The highest BCUT2D eigenvalue weighted by Gasteiger charge is 2.27. The Kier molecular flexibility index (Phi) is 5.88. The van der Waals surface area contributed by atoms with Crippen molar-refractivity contribution < 1.29 is 13.2 Å². The highest BCUT2D eigenvalue weighted by molar-refractivity contribution is 5.27. The predicted molar refractivity (Wildman–Crippen MR) is 76.4 cm³/mol. The van der Waals surface area contributed by atoms with E-state index in [4.69, 9.17) is 6.42 Å². The summed E-state index contributed by atoms with van der Waals surface area (Å²) in [7, 11) is 0. The Balaban J connectivity index is 2.53. The average Bonchev–Trinajstić information content (AvgIpc) is 2.41. The summed E-state index contributed by atoms with van der Waals surface area (Å²) >= 11 is 0. The molecule has 0 aliphatic carbocycles. The highest BCUT2D eigenvalue weighted by atomic mass is 19.4. The lowest BCUT2D eigenvalue weighted by Crippen LogP contribution is -2.09. The lowest BCUT2D eigenvalue weighted by Gasteiger charge is -2.14. The van der Waals surface area contributed by atoms with Gasteiger partial charge in [-0.15, -0.1) is 6.42 Å². The van der Waals surface area contributed by atoms with Crippen LogP contribution in [-0.4, -0.2) is 6.18 Å². The van der Waals surface area contributed by atoms with Crippen LogP contribution in [0.25, 0.3) is 0 Å². The van der Waals surface area contributed by atoms with Gasteiger partial charge in [-0.25, -0.2) is 0 Å². The van der Waals surface area contributed by atoms with Crippen LogP contribution in [0.2, 0.25) is 0 Å². The first-order valence-corrected chi connectivity index (χ1v) is 6.62. The highest BCUT2D eigenvalue weighted by Crippen LogP contribution is 2.28. The van der Waals surface area contributed by atoms with E-state index in [-0.39, 0.29) is 12.3 Å². The van der Waals surface area contributed by atoms with E-state index in [2.05, 4.69) is 12.5 Å². The summed E-state index contributed by atoms with van der Waals surface area (Å²) in [5.41, 5.74) is 2.81. The Bertz CT molecular complexity index is 474. The zero-order chi connectivity index (χ0) is 15.2. The molecule has 0 spiro atoms. The monoisotopic (exact) mass is 280 g/mol. The van der Waals surface area contributed by atoms with Gasteiger partial charge in [-0.1, -0.05) is 43.7 Å². The zero-order valence-corrected chi connectivity index (χ0v) is 11.6. The van der Waals surface area contributed by atoms with Gasteiger partial charge in [0.1, 0.15) is 0 Å². The Hall–Kier alpha value is -1.69. The summed E-state index contributed by atoms with van der Waals surface area (Å²) in [5, 5.41) is 0. The van der Waals surface area contributed by atoms with Gasteiger partial charge in [0.25, 0.3) is 0 Å². The molecular formula is C17H19F3. The van der Waals surface area contributed by atoms with Crippen LogP contribution in [0, 0.1) is 12.3 Å². The van der Waals surface area contributed by atoms with E-state index in [1.165, 1.54) is 0 Å². The van der Waals surface area contributed by atoms with E-state index in [9.17, 15) is 13.2 Å². The maximum atomic E-state index is 12.2. The Morgan fingerprint density at radius 1 is 1.30 bits per heavy atom. The van der Waals surface area contributed by atoms with Gasteiger partial charge < -0.3 is 0 Å². The van der Waals surface area contributed by atoms with Crippen molar-refractivity contribution in [3.05, 3.63) is 47.5 Å². The molecule has 3 heteroatoms. The van der Waals surface area contributed by atoms with Gasteiger partial charge in [0.15, 0.2) is 0 Å². The molecule has 0 aliphatic heterocycles. The molecule has 0 heterocycles. The maximum Gasteiger partial charge on any atom is 0.389 e. The quantitative estimate of drug-likeness (QED) is 0.624. The van der Waals surface area contributed by atoms with Crippen molar-refractivity contribution in [2.75, 3.05) is 0 Å². The van der Waals surface area contributed by atoms with Crippen molar-refractivity contribution >= 4 is 0 Å². The lowest BCUT2D eigenvalue weighted by molar-refractivity contribution is -0.136. The Morgan fingerprint density at radius 2 is 1.90 bits per heavy atom. The number of allylic oxidation sites excluding steroid dienone is 1. The summed E-state index contributed by atoms with van der Waals surface area (Å²) in [4.78, 5) is 0. The van der Waals surface area contributed by atoms with Crippen molar-refractivity contribution in [3.63, 3.8) is 0 Å². The van der Waals surface area contributed by atoms with E-state index in [1.807, 2.05) is 31.2 Å². The molecule has 0 amide bonds. The number of hydrogen-bond acceptors (Lipinski definition) is 0. The smallest absolute Gasteiger partial charge is 0.171 e. The molecule has 0 radical (unpaired) electrons. The maximum absolute atomic E-state index is 12.2. The van der Waals surface area contributed by atoms with Gasteiger partial charge in [-0.3, -0.25) is 0 Å². The first-order chi connectivity index (χ1) is 9.31. The van der Waals surface area contributed by atoms with E-state index in [1.54, 1.807) is 0 Å². The number of benzene rings is 1. The van der Waals surface area contributed by atoms with Gasteiger partial charge in [0.05, 0.1) is 0 Å². The minimum absolute atomic E-state index is 0.0913. The molecule has 0 fully saturated rings. The van der Waals surface area contributed by atoms with Gasteiger partial charge in [-0.2, -0.15) is 13.2 Å². The van der Waals surface area contributed by atoms with Crippen LogP contribution < -0.4 is 0 Å². The fourth-order valence-corrected chi connectivity index (χ4v) is 1.93. The molecule has 1 rings (SSSR count). The third-order valence-electron chi connectivity index (χ3n) is 3.33. The standard InChI is InChI=1S/C17H19F3/c1-4-13(2)5-6-15-7-9-16(10-8-15)14(3)11-12-17(18,19)20/h1,7-10,14H,2,5-6,11-12H2,3H3. The third-order valence-corrected chi connectivity index (χ3v) is 3.33. The fraction of sp³-hybridized carbons (Fsp3) is 0.412. The van der Waals surface area contributed by atoms with Crippen LogP contribution in [0.1, 0.15) is 43.2 Å². The lowest BCUT2D eigenvalue weighted by atomic mass is 9.94. The number of halogens is 3. The molecule has 1 unspecified atom stereocenters. The molecule has 0 nitrogen and oxygen atoms in total. The molecule has 0 bridgehead atoms. The largest absolute Gasteiger partial charge is 0.389 e. The van der Waals surface area contributed by atoms with Crippen molar-refractivity contribution in [1.82, 2.24) is 0 Å². The number of terminal acetylenes is 1. The first kappa shape index (κ1) is 16.4. The van der Waals surface area contributed by atoms with Crippen LogP contribution in [0.4, 0.5) is 13.2 Å². The van der Waals surface area contributed by atoms with Crippen LogP contribution in [0.15, 0.2) is 36.4 Å². The molecule has 0 aliphatic rings. The molecular weight excluding hydrogens is 261 g/mol. The number of alkyl halides is 3. The van der Waals surface area contributed by atoms with E-state index < -0.39 is 12.6 Å². The molecule has 108 valence electrons. The minimum Gasteiger partial charge on any atom is -0.171 e. The van der Waals surface area contributed by atoms with Gasteiger partial charge in [0, 0.05) is 6.42 Å². The van der Waals surface area contributed by atoms with E-state index in [0.29, 0.717) is 0 Å². The molecule has 0 aromatic heterocycles. The van der Waals surface area contributed by atoms with Crippen molar-refractivity contribution in [2.24, 2.45) is 0 Å². The van der Waals surface area contributed by atoms with Gasteiger partial charge in [-0.05, 0) is 41.9 Å². The SMILES string of the molecule is C#CC(=C)CCc1ccc(C(C)CCC(F)(F)F)cc1. The fourth-order valence-electron chi connectivity index (χ4n) is 1.93. The average molecular weight is 280 g/mol. The van der Waals surface area contributed by atoms with Crippen molar-refractivity contribution in [1.29, 1.82) is 0 Å². The molecule has 0 N–H and O–H groups in total. The van der Waals surface area contributed by atoms with E-state index >= 15 is 0 Å². The second-order valence-corrected chi connectivity index (χ2v) is 5.04. The zero-order valence-electron chi connectivity index (χ0n) is 11.6. The van der Waals surface area contributed by atoms with Crippen LogP contribution in [-0.2, 0) is 6.42 Å². The first-order valence-electron chi connectivity index (χ1n) is 6.62. The van der Waals surface area contributed by atoms with Crippen LogP contribution >= 0.6 is 0 Å². The number of rotatable bonds is 6. The number of hydrogen-bond donors (Lipinski definition) is 0. The van der Waals surface area contributed by atoms with Crippen molar-refractivity contribution in [2.45, 2.75) is 44.7 Å². The summed E-state index contributed by atoms with van der Waals surface area (Å²) in [6.45, 7) is 5.56. The summed E-state index contributed by atoms with van der Waals surface area (Å²) in [6, 6.07) is 7.69.